The molecule has 2 fully saturated rings. The average Bonchev–Trinajstić information content (AvgIpc) is 3.03. The monoisotopic (exact) mass is 366 g/mol. The molecule has 26 heavy (non-hydrogen) atoms. The van der Waals surface area contributed by atoms with Gasteiger partial charge in [0.1, 0.15) is 11.4 Å². The van der Waals surface area contributed by atoms with Gasteiger partial charge in [-0.3, -0.25) is 0 Å². The third-order valence-corrected chi connectivity index (χ3v) is 5.88. The maximum atomic E-state index is 13.9. The molecule has 0 aromatic heterocycles. The Balaban J connectivity index is 1.70. The van der Waals surface area contributed by atoms with Gasteiger partial charge in [-0.2, -0.15) is 0 Å². The number of halogens is 1. The summed E-state index contributed by atoms with van der Waals surface area (Å²) in [5.74, 6) is 0.0530. The molecule has 1 aromatic rings. The minimum Gasteiger partial charge on any atom is -0.370 e. The third-order valence-electron chi connectivity index (χ3n) is 5.88. The molecule has 2 aliphatic heterocycles. The lowest BCUT2D eigenvalue weighted by molar-refractivity contribution is -0.199. The molecule has 0 aliphatic carbocycles. The molecule has 3 rings (SSSR count). The highest BCUT2D eigenvalue weighted by atomic mass is 19.1. The van der Waals surface area contributed by atoms with E-state index in [2.05, 4.69) is 20.8 Å². The van der Waals surface area contributed by atoms with Crippen molar-refractivity contribution in [3.05, 3.63) is 35.6 Å². The van der Waals surface area contributed by atoms with E-state index in [4.69, 9.17) is 18.9 Å². The van der Waals surface area contributed by atoms with E-state index in [0.29, 0.717) is 12.2 Å². The third kappa shape index (κ3) is 3.55. The first-order valence-corrected chi connectivity index (χ1v) is 9.63. The van der Waals surface area contributed by atoms with Crippen LogP contribution in [-0.4, -0.2) is 36.3 Å². The summed E-state index contributed by atoms with van der Waals surface area (Å²) in [6, 6.07) is 6.75. The Morgan fingerprint density at radius 1 is 1.19 bits per heavy atom. The van der Waals surface area contributed by atoms with Crippen LogP contribution >= 0.6 is 0 Å². The van der Waals surface area contributed by atoms with Gasteiger partial charge >= 0.3 is 0 Å². The van der Waals surface area contributed by atoms with E-state index >= 15 is 0 Å². The summed E-state index contributed by atoms with van der Waals surface area (Å²) in [6.45, 7) is 11.2. The van der Waals surface area contributed by atoms with Crippen LogP contribution in [0.4, 0.5) is 4.39 Å². The Morgan fingerprint density at radius 3 is 2.58 bits per heavy atom. The van der Waals surface area contributed by atoms with E-state index < -0.39 is 5.60 Å². The molecular weight excluding hydrogens is 335 g/mol. The van der Waals surface area contributed by atoms with Crippen LogP contribution in [0, 0.1) is 11.7 Å². The molecule has 0 saturated carbocycles. The number of fused-ring (bicyclic) bond motifs is 2. The van der Waals surface area contributed by atoms with Gasteiger partial charge in [0.25, 0.3) is 0 Å². The van der Waals surface area contributed by atoms with E-state index in [-0.39, 0.29) is 42.4 Å². The number of rotatable bonds is 8. The summed E-state index contributed by atoms with van der Waals surface area (Å²) in [5, 5.41) is 0. The van der Waals surface area contributed by atoms with Crippen LogP contribution in [0.15, 0.2) is 24.3 Å². The van der Waals surface area contributed by atoms with Crippen molar-refractivity contribution in [3.63, 3.8) is 0 Å². The molecule has 5 heteroatoms. The maximum Gasteiger partial charge on any atom is 0.155 e. The van der Waals surface area contributed by atoms with Crippen molar-refractivity contribution in [3.8, 4) is 0 Å². The van der Waals surface area contributed by atoms with Crippen LogP contribution in [-0.2, 0) is 25.6 Å². The Hall–Kier alpha value is -1.01. The van der Waals surface area contributed by atoms with Gasteiger partial charge in [0.05, 0.1) is 24.4 Å². The van der Waals surface area contributed by atoms with E-state index in [1.165, 1.54) is 6.07 Å². The van der Waals surface area contributed by atoms with Crippen LogP contribution in [0.2, 0.25) is 0 Å². The van der Waals surface area contributed by atoms with Gasteiger partial charge in [-0.15, -0.1) is 0 Å². The minimum atomic E-state index is -0.424. The first-order valence-electron chi connectivity index (χ1n) is 9.63. The molecule has 1 unspecified atom stereocenters. The molecule has 0 spiro atoms. The van der Waals surface area contributed by atoms with Crippen LogP contribution in [0.5, 0.6) is 0 Å². The molecular formula is C21H31FO4. The zero-order valence-electron chi connectivity index (χ0n) is 16.5. The molecule has 2 saturated heterocycles. The highest BCUT2D eigenvalue weighted by Crippen LogP contribution is 2.56. The number of benzene rings is 1. The van der Waals surface area contributed by atoms with Gasteiger partial charge in [0.2, 0.25) is 0 Å². The highest BCUT2D eigenvalue weighted by Gasteiger charge is 2.66. The highest BCUT2D eigenvalue weighted by molar-refractivity contribution is 5.18. The molecule has 146 valence electrons. The molecule has 0 N–H and O–H groups in total. The predicted molar refractivity (Wildman–Crippen MR) is 97.2 cm³/mol. The largest absolute Gasteiger partial charge is 0.370 e. The minimum absolute atomic E-state index is 0.0256. The average molecular weight is 366 g/mol. The van der Waals surface area contributed by atoms with Gasteiger partial charge in [-0.25, -0.2) is 4.39 Å². The fourth-order valence-corrected chi connectivity index (χ4v) is 4.39. The first kappa shape index (κ1) is 19.7. The van der Waals surface area contributed by atoms with Crippen LogP contribution in [0.25, 0.3) is 0 Å². The normalized spacial score (nSPS) is 34.6. The lowest BCUT2D eigenvalue weighted by atomic mass is 9.73. The Bertz CT molecular complexity index is 622. The molecule has 0 amide bonds. The standard InChI is InChI=1S/C21H31FO4/c1-6-23-15(4)25-19-11-20(5)18(12-21(19,26-20)14(2)3)24-13-16-9-7-8-10-17(16)22/h7-10,14-15,18-19H,6,11-13H2,1-5H3/t15?,18-,19+,20+,21-/m1/s1. The predicted octanol–water partition coefficient (Wildman–Crippen LogP) is 4.46. The second-order valence-corrected chi connectivity index (χ2v) is 7.97. The van der Waals surface area contributed by atoms with Crippen molar-refractivity contribution < 1.29 is 23.3 Å². The summed E-state index contributed by atoms with van der Waals surface area (Å²) >= 11 is 0. The van der Waals surface area contributed by atoms with E-state index in [9.17, 15) is 4.39 Å². The summed E-state index contributed by atoms with van der Waals surface area (Å²) in [7, 11) is 0. The molecule has 0 radical (unpaired) electrons. The fraction of sp³-hybridized carbons (Fsp3) is 0.714. The lowest BCUT2D eigenvalue weighted by Crippen LogP contribution is -2.50. The number of hydrogen-bond donors (Lipinski definition) is 0. The molecule has 2 aliphatic rings. The second kappa shape index (κ2) is 7.55. The molecule has 1 aromatic carbocycles. The van der Waals surface area contributed by atoms with Gasteiger partial charge in [0, 0.05) is 25.0 Å². The molecule has 2 bridgehead atoms. The topological polar surface area (TPSA) is 36.9 Å². The van der Waals surface area contributed by atoms with Crippen molar-refractivity contribution in [2.75, 3.05) is 6.61 Å². The maximum absolute atomic E-state index is 13.9. The van der Waals surface area contributed by atoms with Crippen LogP contribution < -0.4 is 0 Å². The molecule has 5 atom stereocenters. The zero-order chi connectivity index (χ0) is 18.9. The second-order valence-electron chi connectivity index (χ2n) is 7.97. The summed E-state index contributed by atoms with van der Waals surface area (Å²) in [4.78, 5) is 0. The van der Waals surface area contributed by atoms with Crippen molar-refractivity contribution in [2.45, 2.75) is 83.8 Å². The first-order chi connectivity index (χ1) is 12.3. The molecule has 2 heterocycles. The van der Waals surface area contributed by atoms with E-state index in [1.54, 1.807) is 12.1 Å². The van der Waals surface area contributed by atoms with Crippen molar-refractivity contribution in [2.24, 2.45) is 5.92 Å². The lowest BCUT2D eigenvalue weighted by Gasteiger charge is -2.39. The number of hydrogen-bond acceptors (Lipinski definition) is 4. The Morgan fingerprint density at radius 2 is 1.92 bits per heavy atom. The van der Waals surface area contributed by atoms with Crippen LogP contribution in [0.1, 0.15) is 53.0 Å². The van der Waals surface area contributed by atoms with E-state index in [0.717, 1.165) is 12.8 Å². The SMILES string of the molecule is CCOC(C)O[C@H]1C[C@]2(C)O[C@@]1(C(C)C)C[C@H]2OCc1ccccc1F. The summed E-state index contributed by atoms with van der Waals surface area (Å²) in [6.07, 6.45) is 1.14. The number of ether oxygens (including phenoxy) is 4. The quantitative estimate of drug-likeness (QED) is 0.637. The van der Waals surface area contributed by atoms with E-state index in [1.807, 2.05) is 19.9 Å². The van der Waals surface area contributed by atoms with Gasteiger partial charge < -0.3 is 18.9 Å². The fourth-order valence-electron chi connectivity index (χ4n) is 4.39. The smallest absolute Gasteiger partial charge is 0.155 e. The van der Waals surface area contributed by atoms with Crippen LogP contribution in [0.3, 0.4) is 0 Å². The van der Waals surface area contributed by atoms with Gasteiger partial charge in [-0.05, 0) is 32.8 Å². The zero-order valence-corrected chi connectivity index (χ0v) is 16.5. The Labute approximate surface area is 156 Å². The summed E-state index contributed by atoms with van der Waals surface area (Å²) in [5.41, 5.74) is -0.234. The van der Waals surface area contributed by atoms with Crippen molar-refractivity contribution >= 4 is 0 Å². The van der Waals surface area contributed by atoms with Crippen molar-refractivity contribution in [1.82, 2.24) is 0 Å². The Kier molecular flexibility index (Phi) is 5.73. The van der Waals surface area contributed by atoms with Crippen molar-refractivity contribution in [1.29, 1.82) is 0 Å². The molecule has 4 nitrogen and oxygen atoms in total. The van der Waals surface area contributed by atoms with Gasteiger partial charge in [-0.1, -0.05) is 32.0 Å². The summed E-state index contributed by atoms with van der Waals surface area (Å²) < 4.78 is 38.3. The van der Waals surface area contributed by atoms with Gasteiger partial charge in [0.15, 0.2) is 6.29 Å².